The SMILES string of the molecule is COc1cc(C2CC(=O)Oc3c2c(C)cc2oc(=O)cc(-c4ccccc4)c32)ccc1OCC(=O)O. The third-order valence-corrected chi connectivity index (χ3v) is 6.19. The van der Waals surface area contributed by atoms with Gasteiger partial charge in [0.2, 0.25) is 0 Å². The van der Waals surface area contributed by atoms with Gasteiger partial charge < -0.3 is 23.7 Å². The van der Waals surface area contributed by atoms with Crippen LogP contribution in [0.3, 0.4) is 0 Å². The van der Waals surface area contributed by atoms with Crippen molar-refractivity contribution in [1.82, 2.24) is 0 Å². The minimum absolute atomic E-state index is 0.0925. The standard InChI is InChI=1S/C28H22O8/c1-15-10-22-27(18(12-24(31)35-22)16-6-4-3-5-7-16)28-26(15)19(13-25(32)36-28)17-8-9-20(21(11-17)33-2)34-14-23(29)30/h3-12,19H,13-14H2,1-2H3,(H,29,30). The van der Waals surface area contributed by atoms with Crippen molar-refractivity contribution < 1.29 is 33.3 Å². The van der Waals surface area contributed by atoms with Gasteiger partial charge in [-0.15, -0.1) is 0 Å². The van der Waals surface area contributed by atoms with Crippen LogP contribution in [0.5, 0.6) is 17.2 Å². The van der Waals surface area contributed by atoms with Crippen molar-refractivity contribution in [3.8, 4) is 28.4 Å². The molecule has 0 saturated heterocycles. The molecule has 0 radical (unpaired) electrons. The molecule has 1 N–H and O–H groups in total. The largest absolute Gasteiger partial charge is 0.493 e. The normalized spacial score (nSPS) is 14.7. The zero-order valence-corrected chi connectivity index (χ0v) is 19.6. The van der Waals surface area contributed by atoms with Crippen LogP contribution in [0, 0.1) is 6.92 Å². The van der Waals surface area contributed by atoms with E-state index in [2.05, 4.69) is 0 Å². The van der Waals surface area contributed by atoms with Gasteiger partial charge in [-0.3, -0.25) is 4.79 Å². The van der Waals surface area contributed by atoms with Crippen LogP contribution < -0.4 is 19.8 Å². The lowest BCUT2D eigenvalue weighted by atomic mass is 9.82. The molecule has 0 saturated carbocycles. The molecule has 182 valence electrons. The van der Waals surface area contributed by atoms with Crippen molar-refractivity contribution in [1.29, 1.82) is 0 Å². The molecule has 36 heavy (non-hydrogen) atoms. The van der Waals surface area contributed by atoms with Gasteiger partial charge in [0.15, 0.2) is 18.1 Å². The number of carbonyl (C=O) groups excluding carboxylic acids is 1. The number of ether oxygens (including phenoxy) is 3. The summed E-state index contributed by atoms with van der Waals surface area (Å²) in [4.78, 5) is 36.1. The zero-order chi connectivity index (χ0) is 25.4. The van der Waals surface area contributed by atoms with Crippen molar-refractivity contribution in [2.45, 2.75) is 19.3 Å². The summed E-state index contributed by atoms with van der Waals surface area (Å²) in [6.07, 6.45) is 0.0925. The fourth-order valence-corrected chi connectivity index (χ4v) is 4.69. The van der Waals surface area contributed by atoms with Gasteiger partial charge in [-0.1, -0.05) is 36.4 Å². The Morgan fingerprint density at radius 3 is 2.56 bits per heavy atom. The van der Waals surface area contributed by atoms with Crippen molar-refractivity contribution in [3.63, 3.8) is 0 Å². The average molecular weight is 486 g/mol. The molecule has 1 aliphatic rings. The maximum atomic E-state index is 12.8. The summed E-state index contributed by atoms with van der Waals surface area (Å²) in [6, 6.07) is 17.7. The van der Waals surface area contributed by atoms with E-state index in [1.807, 2.05) is 37.3 Å². The third-order valence-electron chi connectivity index (χ3n) is 6.19. The van der Waals surface area contributed by atoms with E-state index in [1.165, 1.54) is 13.2 Å². The van der Waals surface area contributed by atoms with Crippen molar-refractivity contribution in [3.05, 3.63) is 87.8 Å². The number of hydrogen-bond donors (Lipinski definition) is 1. The third kappa shape index (κ3) is 4.17. The van der Waals surface area contributed by atoms with E-state index in [0.29, 0.717) is 28.0 Å². The molecule has 4 aromatic rings. The topological polar surface area (TPSA) is 112 Å². The van der Waals surface area contributed by atoms with Gasteiger partial charge in [0.05, 0.1) is 18.9 Å². The summed E-state index contributed by atoms with van der Waals surface area (Å²) in [5, 5.41) is 9.48. The monoisotopic (exact) mass is 486 g/mol. The van der Waals surface area contributed by atoms with Gasteiger partial charge >= 0.3 is 17.6 Å². The molecular formula is C28H22O8. The Morgan fingerprint density at radius 1 is 1.06 bits per heavy atom. The molecule has 0 spiro atoms. The maximum absolute atomic E-state index is 12.8. The molecule has 0 fully saturated rings. The van der Waals surface area contributed by atoms with E-state index in [4.69, 9.17) is 23.7 Å². The Labute approximate surface area is 205 Å². The lowest BCUT2D eigenvalue weighted by Crippen LogP contribution is -2.22. The molecule has 1 aliphatic heterocycles. The first-order valence-electron chi connectivity index (χ1n) is 11.3. The quantitative estimate of drug-likeness (QED) is 0.238. The molecule has 8 nitrogen and oxygen atoms in total. The molecule has 5 rings (SSSR count). The summed E-state index contributed by atoms with van der Waals surface area (Å²) >= 11 is 0. The minimum atomic E-state index is -1.10. The number of hydrogen-bond acceptors (Lipinski definition) is 7. The number of carboxylic acid groups (broad SMARTS) is 1. The van der Waals surface area contributed by atoms with Gasteiger partial charge in [0, 0.05) is 23.1 Å². The number of carboxylic acids is 1. The number of methoxy groups -OCH3 is 1. The number of esters is 1. The predicted molar refractivity (Wildman–Crippen MR) is 131 cm³/mol. The summed E-state index contributed by atoms with van der Waals surface area (Å²) < 4.78 is 22.1. The van der Waals surface area contributed by atoms with Crippen LogP contribution in [-0.4, -0.2) is 30.8 Å². The number of aliphatic carboxylic acids is 1. The van der Waals surface area contributed by atoms with Crippen LogP contribution in [-0.2, 0) is 9.59 Å². The van der Waals surface area contributed by atoms with Crippen molar-refractivity contribution >= 4 is 22.9 Å². The molecule has 0 bridgehead atoms. The van der Waals surface area contributed by atoms with Crippen LogP contribution in [0.4, 0.5) is 0 Å². The average Bonchev–Trinajstić information content (AvgIpc) is 2.86. The van der Waals surface area contributed by atoms with Crippen LogP contribution in [0.15, 0.2) is 69.9 Å². The minimum Gasteiger partial charge on any atom is -0.493 e. The van der Waals surface area contributed by atoms with Gasteiger partial charge in [-0.05, 0) is 41.8 Å². The molecule has 1 aromatic heterocycles. The number of fused-ring (bicyclic) bond motifs is 3. The predicted octanol–water partition coefficient (Wildman–Crippen LogP) is 4.68. The highest BCUT2D eigenvalue weighted by molar-refractivity contribution is 6.01. The second-order valence-corrected chi connectivity index (χ2v) is 8.48. The van der Waals surface area contributed by atoms with E-state index in [9.17, 15) is 14.4 Å². The second kappa shape index (κ2) is 9.22. The molecule has 0 amide bonds. The van der Waals surface area contributed by atoms with Gasteiger partial charge in [0.25, 0.3) is 0 Å². The summed E-state index contributed by atoms with van der Waals surface area (Å²) in [7, 11) is 1.46. The van der Waals surface area contributed by atoms with Crippen LogP contribution >= 0.6 is 0 Å². The smallest absolute Gasteiger partial charge is 0.341 e. The van der Waals surface area contributed by atoms with Crippen LogP contribution in [0.25, 0.3) is 22.1 Å². The Morgan fingerprint density at radius 2 is 1.83 bits per heavy atom. The number of benzene rings is 3. The highest BCUT2D eigenvalue weighted by atomic mass is 16.5. The summed E-state index contributed by atoms with van der Waals surface area (Å²) in [5.74, 6) is -0.903. The zero-order valence-electron chi connectivity index (χ0n) is 19.6. The number of carbonyl (C=O) groups is 2. The molecule has 1 unspecified atom stereocenters. The van der Waals surface area contributed by atoms with E-state index in [0.717, 1.165) is 22.3 Å². The van der Waals surface area contributed by atoms with Gasteiger partial charge in [0.1, 0.15) is 11.3 Å². The molecule has 8 heteroatoms. The van der Waals surface area contributed by atoms with E-state index in [1.54, 1.807) is 24.3 Å². The van der Waals surface area contributed by atoms with Gasteiger partial charge in [-0.2, -0.15) is 0 Å². The Kier molecular flexibility index (Phi) is 5.93. The Hall–Kier alpha value is -4.59. The molecule has 1 atom stereocenters. The van der Waals surface area contributed by atoms with E-state index in [-0.39, 0.29) is 18.1 Å². The maximum Gasteiger partial charge on any atom is 0.341 e. The van der Waals surface area contributed by atoms with Crippen molar-refractivity contribution in [2.75, 3.05) is 13.7 Å². The number of aryl methyl sites for hydroxylation is 1. The first-order valence-corrected chi connectivity index (χ1v) is 11.3. The number of rotatable bonds is 6. The molecular weight excluding hydrogens is 464 g/mol. The van der Waals surface area contributed by atoms with E-state index < -0.39 is 24.2 Å². The highest BCUT2D eigenvalue weighted by Gasteiger charge is 2.33. The highest BCUT2D eigenvalue weighted by Crippen LogP contribution is 2.48. The van der Waals surface area contributed by atoms with Crippen molar-refractivity contribution in [2.24, 2.45) is 0 Å². The Bertz CT molecular complexity index is 1550. The Balaban J connectivity index is 1.71. The van der Waals surface area contributed by atoms with E-state index >= 15 is 0 Å². The van der Waals surface area contributed by atoms with Crippen LogP contribution in [0.1, 0.15) is 29.0 Å². The summed E-state index contributed by atoms with van der Waals surface area (Å²) in [5.41, 5.74) is 3.61. The first kappa shape index (κ1) is 23.2. The van der Waals surface area contributed by atoms with Crippen LogP contribution in [0.2, 0.25) is 0 Å². The first-order chi connectivity index (χ1) is 17.4. The summed E-state index contributed by atoms with van der Waals surface area (Å²) in [6.45, 7) is 1.37. The molecule has 3 aromatic carbocycles. The molecule has 0 aliphatic carbocycles. The molecule has 2 heterocycles. The fraction of sp³-hybridized carbons (Fsp3) is 0.179. The lowest BCUT2D eigenvalue weighted by Gasteiger charge is -2.28. The van der Waals surface area contributed by atoms with Gasteiger partial charge in [-0.25, -0.2) is 9.59 Å². The fourth-order valence-electron chi connectivity index (χ4n) is 4.69. The second-order valence-electron chi connectivity index (χ2n) is 8.48. The lowest BCUT2D eigenvalue weighted by molar-refractivity contribution is -0.139.